The molecule has 0 aromatic heterocycles. The van der Waals surface area contributed by atoms with Crippen molar-refractivity contribution in [2.45, 2.75) is 115 Å². The molecular weight excluding hydrogens is 404 g/mol. The molecule has 0 aromatic rings. The topological polar surface area (TPSA) is 70.5 Å². The summed E-state index contributed by atoms with van der Waals surface area (Å²) in [5.41, 5.74) is -0.268. The Hall–Kier alpha value is -0.890. The van der Waals surface area contributed by atoms with E-state index < -0.39 is 0 Å². The summed E-state index contributed by atoms with van der Waals surface area (Å²) in [7, 11) is 0. The monoisotopic (exact) mass is 452 g/mol. The number of carbonyl (C=O) groups excluding carboxylic acids is 1. The largest absolute Gasteiger partial charge is 0.395 e. The van der Waals surface area contributed by atoms with Crippen molar-refractivity contribution in [2.24, 2.45) is 0 Å². The standard InChI is InChI=1S/C25H48N4O3/c1-22(2)15-19(16-23(3,4)28(22)11-13-30)26-9-10-27(21(26)32)20-17-24(5,6)29(12-14-31)25(7,8)18-20/h19-20,30-31H,9-18H2,1-8H3. The van der Waals surface area contributed by atoms with Gasteiger partial charge in [-0.25, -0.2) is 4.79 Å². The number of hydrogen-bond acceptors (Lipinski definition) is 5. The van der Waals surface area contributed by atoms with Gasteiger partial charge in [0, 0.05) is 60.4 Å². The Balaban J connectivity index is 1.75. The van der Waals surface area contributed by atoms with E-state index in [0.29, 0.717) is 13.1 Å². The van der Waals surface area contributed by atoms with Gasteiger partial charge in [0.2, 0.25) is 0 Å². The first-order chi connectivity index (χ1) is 14.7. The van der Waals surface area contributed by atoms with Crippen molar-refractivity contribution >= 4 is 6.03 Å². The molecule has 0 radical (unpaired) electrons. The molecule has 2 N–H and O–H groups in total. The van der Waals surface area contributed by atoms with Gasteiger partial charge < -0.3 is 20.0 Å². The molecule has 0 unspecified atom stereocenters. The van der Waals surface area contributed by atoms with Crippen LogP contribution < -0.4 is 0 Å². The van der Waals surface area contributed by atoms with E-state index in [4.69, 9.17) is 0 Å². The van der Waals surface area contributed by atoms with Crippen LogP contribution in [-0.4, -0.2) is 109 Å². The van der Waals surface area contributed by atoms with Crippen molar-refractivity contribution < 1.29 is 15.0 Å². The molecule has 0 aliphatic carbocycles. The van der Waals surface area contributed by atoms with Crippen LogP contribution >= 0.6 is 0 Å². The van der Waals surface area contributed by atoms with Crippen LogP contribution in [0.3, 0.4) is 0 Å². The van der Waals surface area contributed by atoms with Crippen molar-refractivity contribution in [2.75, 3.05) is 39.4 Å². The molecule has 0 atom stereocenters. The number of hydrogen-bond donors (Lipinski definition) is 2. The molecule has 0 saturated carbocycles. The molecule has 0 aromatic carbocycles. The zero-order valence-corrected chi connectivity index (χ0v) is 21.8. The summed E-state index contributed by atoms with van der Waals surface area (Å²) < 4.78 is 0. The van der Waals surface area contributed by atoms with E-state index in [2.05, 4.69) is 75.0 Å². The second-order valence-electron chi connectivity index (χ2n) is 12.8. The summed E-state index contributed by atoms with van der Waals surface area (Å²) in [6.45, 7) is 21.2. The Morgan fingerprint density at radius 1 is 0.656 bits per heavy atom. The van der Waals surface area contributed by atoms with Gasteiger partial charge in [-0.3, -0.25) is 9.80 Å². The first kappa shape index (κ1) is 25.7. The smallest absolute Gasteiger partial charge is 0.320 e. The van der Waals surface area contributed by atoms with Gasteiger partial charge in [-0.15, -0.1) is 0 Å². The van der Waals surface area contributed by atoms with Crippen LogP contribution in [0.5, 0.6) is 0 Å². The number of β-amino-alcohol motifs (C(OH)–C–C–N with tert-alkyl or cyclic N) is 2. The minimum atomic E-state index is -0.0670. The predicted octanol–water partition coefficient (Wildman–Crippen LogP) is 2.75. The number of urea groups is 1. The van der Waals surface area contributed by atoms with Gasteiger partial charge >= 0.3 is 6.03 Å². The van der Waals surface area contributed by atoms with Crippen molar-refractivity contribution in [1.29, 1.82) is 0 Å². The number of amides is 2. The SMILES string of the molecule is CC1(C)CC(N2CCN(C3CC(C)(C)N(CCO)C(C)(C)C3)C2=O)CC(C)(C)N1CCO. The fourth-order valence-electron chi connectivity index (χ4n) is 7.63. The third kappa shape index (κ3) is 4.68. The third-order valence-electron chi connectivity index (χ3n) is 8.47. The number of aliphatic hydroxyl groups excluding tert-OH is 2. The fraction of sp³-hybridized carbons (Fsp3) is 0.960. The summed E-state index contributed by atoms with van der Waals surface area (Å²) in [5, 5.41) is 19.2. The van der Waals surface area contributed by atoms with Crippen LogP contribution in [0.1, 0.15) is 81.1 Å². The lowest BCUT2D eigenvalue weighted by Gasteiger charge is -2.57. The molecule has 2 amide bonds. The molecule has 3 fully saturated rings. The molecule has 3 aliphatic rings. The van der Waals surface area contributed by atoms with E-state index in [9.17, 15) is 15.0 Å². The van der Waals surface area contributed by atoms with Crippen molar-refractivity contribution in [1.82, 2.24) is 19.6 Å². The van der Waals surface area contributed by atoms with Gasteiger partial charge in [0.1, 0.15) is 0 Å². The second-order valence-corrected chi connectivity index (χ2v) is 12.8. The highest BCUT2D eigenvalue weighted by Gasteiger charge is 2.52. The van der Waals surface area contributed by atoms with Gasteiger partial charge in [0.25, 0.3) is 0 Å². The number of likely N-dealkylation sites (tertiary alicyclic amines) is 2. The van der Waals surface area contributed by atoms with Crippen LogP contribution in [0.25, 0.3) is 0 Å². The van der Waals surface area contributed by atoms with Gasteiger partial charge in [0.05, 0.1) is 13.2 Å². The summed E-state index contributed by atoms with van der Waals surface area (Å²) in [6.07, 6.45) is 3.73. The van der Waals surface area contributed by atoms with E-state index in [-0.39, 0.29) is 53.5 Å². The number of carbonyl (C=O) groups is 1. The summed E-state index contributed by atoms with van der Waals surface area (Å²) >= 11 is 0. The lowest BCUT2D eigenvalue weighted by molar-refractivity contribution is -0.0668. The molecule has 7 nitrogen and oxygen atoms in total. The zero-order chi connectivity index (χ0) is 24.1. The minimum Gasteiger partial charge on any atom is -0.395 e. The van der Waals surface area contributed by atoms with E-state index in [1.165, 1.54) is 0 Å². The molecule has 3 saturated heterocycles. The molecule has 3 heterocycles. The van der Waals surface area contributed by atoms with E-state index in [0.717, 1.165) is 38.8 Å². The zero-order valence-electron chi connectivity index (χ0n) is 21.8. The van der Waals surface area contributed by atoms with Crippen LogP contribution in [0, 0.1) is 0 Å². The number of rotatable bonds is 6. The maximum Gasteiger partial charge on any atom is 0.320 e. The molecule has 0 bridgehead atoms. The van der Waals surface area contributed by atoms with E-state index >= 15 is 0 Å². The van der Waals surface area contributed by atoms with Crippen molar-refractivity contribution in [3.8, 4) is 0 Å². The maximum atomic E-state index is 13.7. The summed E-state index contributed by atoms with van der Waals surface area (Å²) in [4.78, 5) is 22.8. The van der Waals surface area contributed by atoms with E-state index in [1.54, 1.807) is 0 Å². The average molecular weight is 453 g/mol. The third-order valence-corrected chi connectivity index (χ3v) is 8.47. The molecule has 32 heavy (non-hydrogen) atoms. The lowest BCUT2D eigenvalue weighted by atomic mass is 9.76. The van der Waals surface area contributed by atoms with Gasteiger partial charge in [0.15, 0.2) is 0 Å². The predicted molar refractivity (Wildman–Crippen MR) is 129 cm³/mol. The van der Waals surface area contributed by atoms with Crippen LogP contribution in [0.2, 0.25) is 0 Å². The average Bonchev–Trinajstić information content (AvgIpc) is 3.01. The van der Waals surface area contributed by atoms with Crippen LogP contribution in [-0.2, 0) is 0 Å². The Morgan fingerprint density at radius 3 is 1.19 bits per heavy atom. The van der Waals surface area contributed by atoms with Gasteiger partial charge in [-0.2, -0.15) is 0 Å². The fourth-order valence-corrected chi connectivity index (χ4v) is 7.63. The summed E-state index contributed by atoms with van der Waals surface area (Å²) in [6, 6.07) is 0.648. The van der Waals surface area contributed by atoms with Gasteiger partial charge in [-0.05, 0) is 81.1 Å². The Labute approximate surface area is 195 Å². The molecule has 186 valence electrons. The molecule has 3 rings (SSSR count). The quantitative estimate of drug-likeness (QED) is 0.649. The highest BCUT2D eigenvalue weighted by atomic mass is 16.3. The number of piperidine rings is 2. The van der Waals surface area contributed by atoms with Gasteiger partial charge in [-0.1, -0.05) is 0 Å². The molecule has 3 aliphatic heterocycles. The summed E-state index contributed by atoms with van der Waals surface area (Å²) in [5.74, 6) is 0. The highest BCUT2D eigenvalue weighted by molar-refractivity contribution is 5.77. The Morgan fingerprint density at radius 2 is 0.938 bits per heavy atom. The van der Waals surface area contributed by atoms with Crippen molar-refractivity contribution in [3.05, 3.63) is 0 Å². The van der Waals surface area contributed by atoms with Crippen LogP contribution in [0.15, 0.2) is 0 Å². The second kappa shape index (κ2) is 8.71. The first-order valence-electron chi connectivity index (χ1n) is 12.5. The van der Waals surface area contributed by atoms with Crippen LogP contribution in [0.4, 0.5) is 4.79 Å². The molecule has 0 spiro atoms. The lowest BCUT2D eigenvalue weighted by Crippen LogP contribution is -2.66. The Kier molecular flexibility index (Phi) is 7.01. The van der Waals surface area contributed by atoms with E-state index in [1.807, 2.05) is 0 Å². The van der Waals surface area contributed by atoms with Crippen molar-refractivity contribution in [3.63, 3.8) is 0 Å². The first-order valence-corrected chi connectivity index (χ1v) is 12.5. The molecule has 7 heteroatoms. The maximum absolute atomic E-state index is 13.7. The Bertz CT molecular complexity index is 599. The molecular formula is C25H48N4O3. The number of nitrogens with zero attached hydrogens (tertiary/aromatic N) is 4. The highest BCUT2D eigenvalue weighted by Crippen LogP contribution is 2.43. The normalized spacial score (nSPS) is 29.1. The minimum absolute atomic E-state index is 0.0670. The number of aliphatic hydroxyl groups is 2.